The molecule has 58 heavy (non-hydrogen) atoms. The number of imide groups is 1. The van der Waals surface area contributed by atoms with Crippen LogP contribution >= 0.6 is 0 Å². The molecule has 3 atom stereocenters. The van der Waals surface area contributed by atoms with Crippen LogP contribution in [0.5, 0.6) is 5.88 Å². The SMILES string of the molecule is CNc1c[c-]nn2c(C(=O)N[C@@H]3C[C@@H]3F)cnc12.[CH2-]C1CCN(c2cccc3c2n(C)c(=O)n3C2CCC(=O)NC2=O)CC1.[CH2-]CC(C[CH2-])Oc1[c-]cccn1.[Y+3].[Y]. The number of piperidine rings is 2. The van der Waals surface area contributed by atoms with Crippen LogP contribution in [0.4, 0.5) is 15.8 Å². The standard InChI is InChI=1S/C19H23N4O3.C11H11FN5O.C10H12NO.2Y/c1-12-8-10-22(11-9-12)13-4-3-5-14-17(13)21(2)19(26)23(14)15-6-7-16(24)20-18(15)25;1-13-7-2-3-15-17-9(5-14-10(7)17)11(18)16-8-4-6(8)12;1-3-9(4-2)12-10-7-5-6-8-11-10;;/h3-5,12,15H,1,6-11H2,2H3,(H,20,24,25);2,5-6,8,13H,4H2,1H3,(H,16,18);5-6,8-9H,1-4H2;;/q2*-1;-3;;+3/t;6-,8+;;;/m.0.../s1. The molecule has 1 saturated carbocycles. The molecule has 1 radical (unpaired) electrons. The number of anilines is 2. The van der Waals surface area contributed by atoms with Crippen molar-refractivity contribution in [1.29, 1.82) is 0 Å². The van der Waals surface area contributed by atoms with Gasteiger partial charge < -0.3 is 41.0 Å². The number of fused-ring (bicyclic) bond motifs is 2. The normalized spacial score (nSPS) is 18.8. The number of para-hydroxylation sites is 1. The number of imidazole rings is 2. The molecule has 2 aliphatic heterocycles. The Labute approximate surface area is 387 Å². The summed E-state index contributed by atoms with van der Waals surface area (Å²) in [4.78, 5) is 59.0. The number of benzene rings is 1. The molecule has 8 rings (SSSR count). The Morgan fingerprint density at radius 3 is 2.47 bits per heavy atom. The fourth-order valence-corrected chi connectivity index (χ4v) is 6.61. The predicted molar refractivity (Wildman–Crippen MR) is 208 cm³/mol. The molecule has 3 aliphatic rings. The summed E-state index contributed by atoms with van der Waals surface area (Å²) in [6.07, 6.45) is 9.32. The van der Waals surface area contributed by atoms with Crippen molar-refractivity contribution in [2.24, 2.45) is 13.0 Å². The van der Waals surface area contributed by atoms with Gasteiger partial charge in [-0.2, -0.15) is 24.1 Å². The molecule has 4 aromatic heterocycles. The Balaban J connectivity index is 0.000000203. The number of carbonyl (C=O) groups is 3. The zero-order chi connectivity index (χ0) is 39.9. The Morgan fingerprint density at radius 1 is 1.12 bits per heavy atom. The minimum absolute atomic E-state index is 0. The van der Waals surface area contributed by atoms with Gasteiger partial charge in [0.2, 0.25) is 11.8 Å². The number of ether oxygens (including phenoxy) is 1. The third-order valence-electron chi connectivity index (χ3n) is 9.94. The monoisotopic (exact) mass is 943 g/mol. The molecule has 15 nitrogen and oxygen atoms in total. The number of rotatable bonds is 9. The van der Waals surface area contributed by atoms with Crippen LogP contribution in [0.1, 0.15) is 61.5 Å². The minimum atomic E-state index is -0.930. The number of carbonyl (C=O) groups excluding carboxylic acids is 3. The van der Waals surface area contributed by atoms with E-state index in [0.29, 0.717) is 43.1 Å². The zero-order valence-corrected chi connectivity index (χ0v) is 38.4. The van der Waals surface area contributed by atoms with Crippen molar-refractivity contribution in [1.82, 2.24) is 39.3 Å². The first kappa shape index (κ1) is 47.1. The van der Waals surface area contributed by atoms with Gasteiger partial charge >= 0.3 is 38.4 Å². The third kappa shape index (κ3) is 11.0. The molecule has 2 saturated heterocycles. The van der Waals surface area contributed by atoms with E-state index in [9.17, 15) is 23.6 Å². The van der Waals surface area contributed by atoms with Gasteiger partial charge in [-0.3, -0.25) is 43.9 Å². The summed E-state index contributed by atoms with van der Waals surface area (Å²) in [5.41, 5.74) is 3.89. The number of aryl methyl sites for hydroxylation is 1. The Kier molecular flexibility index (Phi) is 17.5. The maximum Gasteiger partial charge on any atom is 3.00 e. The second-order valence-electron chi connectivity index (χ2n) is 13.8. The van der Waals surface area contributed by atoms with Crippen LogP contribution in [-0.4, -0.2) is 84.9 Å². The summed E-state index contributed by atoms with van der Waals surface area (Å²) in [6.45, 7) is 13.4. The van der Waals surface area contributed by atoms with Crippen molar-refractivity contribution in [2.75, 3.05) is 30.4 Å². The fourth-order valence-electron chi connectivity index (χ4n) is 6.61. The molecule has 0 spiro atoms. The van der Waals surface area contributed by atoms with Gasteiger partial charge in [-0.05, 0) is 25.6 Å². The second kappa shape index (κ2) is 21.6. The van der Waals surface area contributed by atoms with Crippen molar-refractivity contribution in [2.45, 2.75) is 69.3 Å². The fraction of sp³-hybridized carbons (Fsp3) is 0.400. The molecule has 5 aromatic rings. The molecule has 1 aliphatic carbocycles. The van der Waals surface area contributed by atoms with Gasteiger partial charge in [0.1, 0.15) is 23.8 Å². The first-order chi connectivity index (χ1) is 27.0. The topological polar surface area (TPSA) is 170 Å². The molecule has 6 heterocycles. The van der Waals surface area contributed by atoms with Gasteiger partial charge in [0.25, 0.3) is 5.91 Å². The molecule has 3 amide bonds. The Hall–Kier alpha value is -3.59. The van der Waals surface area contributed by atoms with E-state index in [1.165, 1.54) is 15.3 Å². The van der Waals surface area contributed by atoms with Crippen molar-refractivity contribution in [3.05, 3.63) is 98.0 Å². The first-order valence-electron chi connectivity index (χ1n) is 18.6. The van der Waals surface area contributed by atoms with Crippen LogP contribution in [0.2, 0.25) is 0 Å². The first-order valence-corrected chi connectivity index (χ1v) is 18.6. The number of hydrogen-bond acceptors (Lipinski definition) is 10. The molecule has 301 valence electrons. The van der Waals surface area contributed by atoms with Crippen molar-refractivity contribution < 1.29 is 88.9 Å². The van der Waals surface area contributed by atoms with Crippen LogP contribution in [0.25, 0.3) is 16.7 Å². The Bertz CT molecular complexity index is 2220. The van der Waals surface area contributed by atoms with Crippen LogP contribution in [0, 0.1) is 39.0 Å². The summed E-state index contributed by atoms with van der Waals surface area (Å²) in [6, 6.07) is 12.9. The molecule has 3 N–H and O–H groups in total. The van der Waals surface area contributed by atoms with Gasteiger partial charge in [-0.25, -0.2) is 19.8 Å². The maximum atomic E-state index is 12.9. The molecule has 18 heteroatoms. The number of aromatic nitrogens is 6. The quantitative estimate of drug-likeness (QED) is 0.146. The van der Waals surface area contributed by atoms with E-state index in [-0.39, 0.29) is 107 Å². The number of hydrogen-bond donors (Lipinski definition) is 3. The number of amides is 3. The van der Waals surface area contributed by atoms with E-state index in [1.807, 2.05) is 18.2 Å². The summed E-state index contributed by atoms with van der Waals surface area (Å²) in [5, 5.41) is 11.8. The van der Waals surface area contributed by atoms with Crippen molar-refractivity contribution >= 4 is 45.8 Å². The molecular weight excluding hydrogens is 897 g/mol. The average molecular weight is 944 g/mol. The average Bonchev–Trinajstić information content (AvgIpc) is 3.61. The second-order valence-corrected chi connectivity index (χ2v) is 13.8. The molecule has 1 aromatic carbocycles. The summed E-state index contributed by atoms with van der Waals surface area (Å²) < 4.78 is 22.7. The van der Waals surface area contributed by atoms with E-state index in [2.05, 4.69) is 69.0 Å². The largest absolute Gasteiger partial charge is 3.00 e. The van der Waals surface area contributed by atoms with Crippen LogP contribution in [0.3, 0.4) is 0 Å². The third-order valence-corrected chi connectivity index (χ3v) is 9.94. The molecule has 0 bridgehead atoms. The van der Waals surface area contributed by atoms with Crippen LogP contribution in [0.15, 0.2) is 53.6 Å². The number of pyridine rings is 1. The van der Waals surface area contributed by atoms with Gasteiger partial charge in [-0.15, -0.1) is 19.0 Å². The Morgan fingerprint density at radius 2 is 1.84 bits per heavy atom. The summed E-state index contributed by atoms with van der Waals surface area (Å²) in [5.74, 6) is -0.0608. The van der Waals surface area contributed by atoms with Gasteiger partial charge in [0.05, 0.1) is 34.6 Å². The molecule has 1 unspecified atom stereocenters. The van der Waals surface area contributed by atoms with Gasteiger partial charge in [0, 0.05) is 71.8 Å². The minimum Gasteiger partial charge on any atom is -0.496 e. The number of alkyl halides is 1. The van der Waals surface area contributed by atoms with E-state index >= 15 is 0 Å². The summed E-state index contributed by atoms with van der Waals surface area (Å²) >= 11 is 0. The maximum absolute atomic E-state index is 12.9. The van der Waals surface area contributed by atoms with E-state index in [1.54, 1.807) is 43.1 Å². The van der Waals surface area contributed by atoms with Crippen molar-refractivity contribution in [3.63, 3.8) is 0 Å². The number of nitrogens with zero attached hydrogens (tertiary/aromatic N) is 7. The molecular formula is C40H46FN10O5Y2-2. The van der Waals surface area contributed by atoms with E-state index < -0.39 is 18.1 Å². The number of nitrogens with one attached hydrogen (secondary N) is 3. The predicted octanol–water partition coefficient (Wildman–Crippen LogP) is 3.85. The van der Waals surface area contributed by atoms with E-state index in [0.717, 1.165) is 48.3 Å². The zero-order valence-electron chi connectivity index (χ0n) is 32.7. The van der Waals surface area contributed by atoms with Gasteiger partial charge in [0.15, 0.2) is 0 Å². The van der Waals surface area contributed by atoms with Gasteiger partial charge in [-0.1, -0.05) is 30.8 Å². The van der Waals surface area contributed by atoms with Crippen LogP contribution < -0.4 is 31.3 Å². The van der Waals surface area contributed by atoms with Crippen molar-refractivity contribution in [3.8, 4) is 5.88 Å². The van der Waals surface area contributed by atoms with Crippen LogP contribution in [-0.2, 0) is 82.1 Å². The molecule has 3 fully saturated rings. The number of halogens is 1. The summed E-state index contributed by atoms with van der Waals surface area (Å²) in [7, 11) is 3.49. The van der Waals surface area contributed by atoms with E-state index in [4.69, 9.17) is 4.74 Å². The smallest absolute Gasteiger partial charge is 0.496 e.